The predicted molar refractivity (Wildman–Crippen MR) is 145 cm³/mol. The quantitative estimate of drug-likeness (QED) is 0.399. The van der Waals surface area contributed by atoms with Crippen LogP contribution in [0.1, 0.15) is 39.2 Å². The minimum absolute atomic E-state index is 0.0265. The van der Waals surface area contributed by atoms with Crippen LogP contribution in [0.15, 0.2) is 66.7 Å². The molecule has 0 saturated carbocycles. The lowest BCUT2D eigenvalue weighted by Gasteiger charge is -2.33. The third kappa shape index (κ3) is 7.07. The maximum absolute atomic E-state index is 13.8. The van der Waals surface area contributed by atoms with Crippen LogP contribution in [0.5, 0.6) is 0 Å². The summed E-state index contributed by atoms with van der Waals surface area (Å²) in [5.74, 6) is -1.26. The Bertz CT molecular complexity index is 1340. The van der Waals surface area contributed by atoms with Crippen molar-refractivity contribution >= 4 is 38.3 Å². The van der Waals surface area contributed by atoms with Crippen molar-refractivity contribution in [3.63, 3.8) is 0 Å². The minimum Gasteiger partial charge on any atom is -0.352 e. The summed E-state index contributed by atoms with van der Waals surface area (Å²) in [5, 5.41) is 4.45. The van der Waals surface area contributed by atoms with E-state index in [1.807, 2.05) is 32.0 Å². The summed E-state index contributed by atoms with van der Waals surface area (Å²) in [4.78, 5) is 28.4. The SMILES string of the molecule is CC[C@@H](C)NC(=O)[C@H](CC)N(Cc1ccc(F)cc1)C(=O)CN(c1cccc2ccccc12)S(C)(=O)=O. The van der Waals surface area contributed by atoms with Gasteiger partial charge in [0.1, 0.15) is 18.4 Å². The molecule has 0 unspecified atom stereocenters. The summed E-state index contributed by atoms with van der Waals surface area (Å²) in [6.45, 7) is 5.16. The van der Waals surface area contributed by atoms with Crippen molar-refractivity contribution in [1.29, 1.82) is 0 Å². The highest BCUT2D eigenvalue weighted by atomic mass is 32.2. The average Bonchev–Trinajstić information content (AvgIpc) is 2.87. The first kappa shape index (κ1) is 28.1. The van der Waals surface area contributed by atoms with Crippen LogP contribution in [-0.4, -0.2) is 50.0 Å². The molecule has 2 amide bonds. The highest BCUT2D eigenvalue weighted by molar-refractivity contribution is 7.92. The largest absolute Gasteiger partial charge is 0.352 e. The van der Waals surface area contributed by atoms with Gasteiger partial charge in [-0.15, -0.1) is 0 Å². The minimum atomic E-state index is -3.86. The van der Waals surface area contributed by atoms with E-state index in [4.69, 9.17) is 0 Å². The smallest absolute Gasteiger partial charge is 0.244 e. The van der Waals surface area contributed by atoms with Gasteiger partial charge in [-0.3, -0.25) is 13.9 Å². The zero-order valence-electron chi connectivity index (χ0n) is 21.6. The van der Waals surface area contributed by atoms with Crippen LogP contribution in [0.25, 0.3) is 10.8 Å². The molecule has 198 valence electrons. The number of sulfonamides is 1. The van der Waals surface area contributed by atoms with Crippen molar-refractivity contribution in [2.45, 2.75) is 52.2 Å². The molecule has 7 nitrogen and oxygen atoms in total. The number of carbonyl (C=O) groups excluding carboxylic acids is 2. The summed E-state index contributed by atoms with van der Waals surface area (Å²) < 4.78 is 40.4. The van der Waals surface area contributed by atoms with E-state index >= 15 is 0 Å². The highest BCUT2D eigenvalue weighted by Crippen LogP contribution is 2.29. The number of halogens is 1. The maximum Gasteiger partial charge on any atom is 0.244 e. The molecule has 37 heavy (non-hydrogen) atoms. The first-order chi connectivity index (χ1) is 17.5. The van der Waals surface area contributed by atoms with E-state index in [1.54, 1.807) is 43.3 Å². The topological polar surface area (TPSA) is 86.8 Å². The van der Waals surface area contributed by atoms with Gasteiger partial charge < -0.3 is 10.2 Å². The number of fused-ring (bicyclic) bond motifs is 1. The molecular formula is C28H34FN3O4S. The molecule has 0 spiro atoms. The molecule has 9 heteroatoms. The average molecular weight is 528 g/mol. The number of anilines is 1. The van der Waals surface area contributed by atoms with Gasteiger partial charge in [-0.2, -0.15) is 0 Å². The summed E-state index contributed by atoms with van der Waals surface area (Å²) in [6.07, 6.45) is 2.10. The molecular weight excluding hydrogens is 493 g/mol. The standard InChI is InChI=1S/C28H34FN3O4S/c1-5-20(3)30-28(34)25(6-2)31(18-21-14-16-23(29)17-15-21)27(33)19-32(37(4,35)36)26-13-9-11-22-10-7-8-12-24(22)26/h7-17,20,25H,5-6,18-19H2,1-4H3,(H,30,34)/t20-,25+/m1/s1. The van der Waals surface area contributed by atoms with Crippen molar-refractivity contribution in [2.24, 2.45) is 0 Å². The lowest BCUT2D eigenvalue weighted by atomic mass is 10.1. The van der Waals surface area contributed by atoms with Crippen LogP contribution in [-0.2, 0) is 26.2 Å². The number of hydrogen-bond acceptors (Lipinski definition) is 4. The van der Waals surface area contributed by atoms with Crippen LogP contribution in [0.2, 0.25) is 0 Å². The third-order valence-electron chi connectivity index (χ3n) is 6.37. The molecule has 0 aliphatic rings. The van der Waals surface area contributed by atoms with Crippen LogP contribution < -0.4 is 9.62 Å². The number of nitrogens with zero attached hydrogens (tertiary/aromatic N) is 2. The fraction of sp³-hybridized carbons (Fsp3) is 0.357. The Morgan fingerprint density at radius 1 is 0.946 bits per heavy atom. The van der Waals surface area contributed by atoms with Crippen LogP contribution in [0.4, 0.5) is 10.1 Å². The van der Waals surface area contributed by atoms with Gasteiger partial charge in [-0.1, -0.05) is 62.4 Å². The molecule has 1 N–H and O–H groups in total. The monoisotopic (exact) mass is 527 g/mol. The normalized spacial score (nSPS) is 13.1. The van der Waals surface area contributed by atoms with Gasteiger partial charge in [0.15, 0.2) is 0 Å². The number of carbonyl (C=O) groups is 2. The van der Waals surface area contributed by atoms with Crippen molar-refractivity contribution in [3.05, 3.63) is 78.1 Å². The fourth-order valence-electron chi connectivity index (χ4n) is 4.17. The van der Waals surface area contributed by atoms with Crippen LogP contribution in [0.3, 0.4) is 0 Å². The zero-order chi connectivity index (χ0) is 27.2. The van der Waals surface area contributed by atoms with Crippen LogP contribution in [0, 0.1) is 5.82 Å². The number of rotatable bonds is 11. The number of benzene rings is 3. The van der Waals surface area contributed by atoms with Crippen molar-refractivity contribution in [3.8, 4) is 0 Å². The van der Waals surface area contributed by atoms with Crippen molar-refractivity contribution in [1.82, 2.24) is 10.2 Å². The second-order valence-electron chi connectivity index (χ2n) is 9.16. The highest BCUT2D eigenvalue weighted by Gasteiger charge is 2.32. The van der Waals surface area contributed by atoms with E-state index in [0.717, 1.165) is 22.4 Å². The maximum atomic E-state index is 13.8. The Morgan fingerprint density at radius 2 is 1.59 bits per heavy atom. The lowest BCUT2D eigenvalue weighted by molar-refractivity contribution is -0.140. The lowest BCUT2D eigenvalue weighted by Crippen LogP contribution is -2.53. The third-order valence-corrected chi connectivity index (χ3v) is 7.49. The van der Waals surface area contributed by atoms with Gasteiger partial charge in [-0.25, -0.2) is 12.8 Å². The van der Waals surface area contributed by atoms with Gasteiger partial charge in [0.2, 0.25) is 21.8 Å². The molecule has 3 rings (SSSR count). The first-order valence-corrected chi connectivity index (χ1v) is 14.2. The Labute approximate surface area is 218 Å². The van der Waals surface area contributed by atoms with Crippen LogP contribution >= 0.6 is 0 Å². The molecule has 0 radical (unpaired) electrons. The molecule has 0 aliphatic heterocycles. The Hall–Kier alpha value is -3.46. The predicted octanol–water partition coefficient (Wildman–Crippen LogP) is 4.47. The van der Waals surface area contributed by atoms with Crippen molar-refractivity contribution in [2.75, 3.05) is 17.1 Å². The Kier molecular flexibility index (Phi) is 9.26. The van der Waals surface area contributed by atoms with Gasteiger partial charge in [0.05, 0.1) is 11.9 Å². The molecule has 0 heterocycles. The molecule has 2 atom stereocenters. The zero-order valence-corrected chi connectivity index (χ0v) is 22.5. The van der Waals surface area contributed by atoms with E-state index in [0.29, 0.717) is 23.1 Å². The van der Waals surface area contributed by atoms with Gasteiger partial charge >= 0.3 is 0 Å². The molecule has 3 aromatic rings. The Balaban J connectivity index is 2.01. The second-order valence-corrected chi connectivity index (χ2v) is 11.1. The van der Waals surface area contributed by atoms with E-state index < -0.39 is 34.3 Å². The molecule has 0 bridgehead atoms. The van der Waals surface area contributed by atoms with E-state index in [2.05, 4.69) is 5.32 Å². The van der Waals surface area contributed by atoms with Crippen molar-refractivity contribution < 1.29 is 22.4 Å². The molecule has 0 aromatic heterocycles. The van der Waals surface area contributed by atoms with E-state index in [-0.39, 0.29) is 18.5 Å². The molecule has 0 fully saturated rings. The van der Waals surface area contributed by atoms with Gasteiger partial charge in [-0.05, 0) is 48.9 Å². The molecule has 3 aromatic carbocycles. The van der Waals surface area contributed by atoms with Gasteiger partial charge in [0, 0.05) is 18.0 Å². The Morgan fingerprint density at radius 3 is 2.22 bits per heavy atom. The van der Waals surface area contributed by atoms with E-state index in [1.165, 1.54) is 17.0 Å². The number of hydrogen-bond donors (Lipinski definition) is 1. The first-order valence-electron chi connectivity index (χ1n) is 12.3. The number of amides is 2. The second kappa shape index (κ2) is 12.2. The molecule has 0 aliphatic carbocycles. The van der Waals surface area contributed by atoms with Gasteiger partial charge in [0.25, 0.3) is 0 Å². The fourth-order valence-corrected chi connectivity index (χ4v) is 5.03. The summed E-state index contributed by atoms with van der Waals surface area (Å²) in [5.41, 5.74) is 1.01. The summed E-state index contributed by atoms with van der Waals surface area (Å²) in [7, 11) is -3.86. The summed E-state index contributed by atoms with van der Waals surface area (Å²) in [6, 6.07) is 17.4. The van der Waals surface area contributed by atoms with E-state index in [9.17, 15) is 22.4 Å². The summed E-state index contributed by atoms with van der Waals surface area (Å²) >= 11 is 0. The molecule has 0 saturated heterocycles. The number of nitrogens with one attached hydrogen (secondary N) is 1.